The number of aryl methyl sites for hydroxylation is 1. The van der Waals surface area contributed by atoms with E-state index in [4.69, 9.17) is 33.2 Å². The summed E-state index contributed by atoms with van der Waals surface area (Å²) in [7, 11) is 3.25. The fourth-order valence-corrected chi connectivity index (χ4v) is 15.1. The number of aliphatic hydroxyl groups is 1. The van der Waals surface area contributed by atoms with Gasteiger partial charge >= 0.3 is 5.69 Å². The molecule has 0 radical (unpaired) electrons. The standard InChI is InChI=1S/C92H144N2O11/c1-7-10-13-16-19-22-25-28-31-34-37-40-43-46-49-55-68-101-84-71-77(72-85(102-69-56-50-47-44-41-38-35-32-29-26-23-20-17-14-11-8-2)88(84)103-70-57-51-48-45-42-39-36-33-30-27-24-21-18-15-12-9-3)90(97)94-89(96)76(4)74-93(91(94)98)87-73-83(95)86(105-87)75-104-92(78-58-53-52-54-59-78,79-60-64-81(99-5)65-61-79)80-62-66-82(100-6)67-63-80/h52-54,58-67,71-72,74,83,86-87,95H,7-51,55-57,68-70,73,75H2,1-6H3/t83?,86-,87-/m1/s1. The molecule has 4 aromatic carbocycles. The van der Waals surface area contributed by atoms with Crippen LogP contribution >= 0.6 is 0 Å². The second-order valence-electron chi connectivity index (χ2n) is 30.5. The van der Waals surface area contributed by atoms with Crippen LogP contribution in [0.3, 0.4) is 0 Å². The van der Waals surface area contributed by atoms with Gasteiger partial charge in [0, 0.05) is 23.7 Å². The largest absolute Gasteiger partial charge is 0.497 e. The first-order chi connectivity index (χ1) is 51.6. The summed E-state index contributed by atoms with van der Waals surface area (Å²) in [4.78, 5) is 44.8. The Morgan fingerprint density at radius 3 is 1.11 bits per heavy atom. The van der Waals surface area contributed by atoms with Crippen LogP contribution in [0.2, 0.25) is 0 Å². The third-order valence-corrected chi connectivity index (χ3v) is 21.7. The molecule has 1 aromatic heterocycles. The Kier molecular flexibility index (Phi) is 45.8. The number of unbranched alkanes of at least 4 members (excludes halogenated alkanes) is 45. The van der Waals surface area contributed by atoms with Crippen LogP contribution in [0.1, 0.15) is 374 Å². The van der Waals surface area contributed by atoms with Crippen LogP contribution in [0, 0.1) is 6.92 Å². The van der Waals surface area contributed by atoms with Gasteiger partial charge in [0.05, 0.1) is 46.8 Å². The molecule has 1 fully saturated rings. The van der Waals surface area contributed by atoms with Gasteiger partial charge in [-0.2, -0.15) is 4.57 Å². The Balaban J connectivity index is 1.18. The molecule has 1 aliphatic rings. The van der Waals surface area contributed by atoms with Gasteiger partial charge in [0.15, 0.2) is 11.5 Å². The van der Waals surface area contributed by atoms with Crippen LogP contribution < -0.4 is 34.9 Å². The lowest BCUT2D eigenvalue weighted by molar-refractivity contribution is -0.0945. The summed E-state index contributed by atoms with van der Waals surface area (Å²) in [6, 6.07) is 28.5. The van der Waals surface area contributed by atoms with Crippen LogP contribution in [0.15, 0.2) is 107 Å². The van der Waals surface area contributed by atoms with Gasteiger partial charge < -0.3 is 38.3 Å². The Bertz CT molecular complexity index is 3040. The van der Waals surface area contributed by atoms with Gasteiger partial charge in [-0.15, -0.1) is 0 Å². The fourth-order valence-electron chi connectivity index (χ4n) is 15.1. The maximum absolute atomic E-state index is 15.3. The highest BCUT2D eigenvalue weighted by molar-refractivity contribution is 5.97. The predicted molar refractivity (Wildman–Crippen MR) is 434 cm³/mol. The predicted octanol–water partition coefficient (Wildman–Crippen LogP) is 24.6. The van der Waals surface area contributed by atoms with Gasteiger partial charge in [0.2, 0.25) is 5.75 Å². The summed E-state index contributed by atoms with van der Waals surface area (Å²) in [5, 5.41) is 11.9. The highest BCUT2D eigenvalue weighted by atomic mass is 16.6. The lowest BCUT2D eigenvalue weighted by atomic mass is 9.80. The van der Waals surface area contributed by atoms with Crippen LogP contribution in [-0.4, -0.2) is 73.0 Å². The minimum atomic E-state index is -1.21. The molecule has 1 unspecified atom stereocenters. The van der Waals surface area contributed by atoms with Crippen LogP contribution in [-0.2, 0) is 15.1 Å². The van der Waals surface area contributed by atoms with Gasteiger partial charge in [-0.25, -0.2) is 4.79 Å². The monoisotopic (exact) mass is 1450 g/mol. The van der Waals surface area contributed by atoms with Crippen molar-refractivity contribution >= 4 is 5.91 Å². The third-order valence-electron chi connectivity index (χ3n) is 21.7. The molecule has 6 rings (SSSR count). The summed E-state index contributed by atoms with van der Waals surface area (Å²) in [6.07, 6.45) is 59.3. The van der Waals surface area contributed by atoms with Crippen molar-refractivity contribution in [2.24, 2.45) is 0 Å². The van der Waals surface area contributed by atoms with E-state index in [9.17, 15) is 9.90 Å². The molecule has 0 aliphatic carbocycles. The molecule has 1 N–H and O–H groups in total. The van der Waals surface area contributed by atoms with E-state index in [1.165, 1.54) is 261 Å². The van der Waals surface area contributed by atoms with E-state index in [1.807, 2.05) is 78.9 Å². The van der Waals surface area contributed by atoms with Crippen molar-refractivity contribution in [1.29, 1.82) is 0 Å². The van der Waals surface area contributed by atoms with E-state index in [1.54, 1.807) is 33.3 Å². The van der Waals surface area contributed by atoms with Crippen LogP contribution in [0.5, 0.6) is 28.7 Å². The van der Waals surface area contributed by atoms with Crippen molar-refractivity contribution in [2.75, 3.05) is 40.6 Å². The Morgan fingerprint density at radius 2 is 0.771 bits per heavy atom. The summed E-state index contributed by atoms with van der Waals surface area (Å²) in [5.74, 6) is 1.71. The highest BCUT2D eigenvalue weighted by Gasteiger charge is 2.43. The number of benzene rings is 4. The highest BCUT2D eigenvalue weighted by Crippen LogP contribution is 2.44. The Hall–Kier alpha value is -5.89. The molecular formula is C92H144N2O11. The minimum absolute atomic E-state index is 0.0106. The lowest BCUT2D eigenvalue weighted by Crippen LogP contribution is -2.45. The van der Waals surface area contributed by atoms with Crippen molar-refractivity contribution in [3.63, 3.8) is 0 Å². The van der Waals surface area contributed by atoms with E-state index in [0.717, 1.165) is 74.5 Å². The first-order valence-corrected chi connectivity index (χ1v) is 42.9. The van der Waals surface area contributed by atoms with Gasteiger partial charge in [-0.05, 0) is 79.3 Å². The number of carbonyl (C=O) groups is 1. The van der Waals surface area contributed by atoms with Crippen LogP contribution in [0.25, 0.3) is 0 Å². The zero-order valence-electron chi connectivity index (χ0n) is 66.9. The van der Waals surface area contributed by atoms with Crippen molar-refractivity contribution in [2.45, 2.75) is 366 Å². The number of nitrogens with zero attached hydrogens (tertiary/aromatic N) is 2. The molecule has 2 heterocycles. The van der Waals surface area contributed by atoms with E-state index < -0.39 is 41.2 Å². The van der Waals surface area contributed by atoms with Gasteiger partial charge in [0.1, 0.15) is 29.4 Å². The number of aromatic nitrogens is 2. The molecule has 13 heteroatoms. The Morgan fingerprint density at radius 1 is 0.448 bits per heavy atom. The number of rotatable bonds is 64. The molecule has 0 spiro atoms. The van der Waals surface area contributed by atoms with Crippen molar-refractivity contribution in [3.8, 4) is 28.7 Å². The molecule has 1 aliphatic heterocycles. The topological polar surface area (TPSA) is 146 Å². The van der Waals surface area contributed by atoms with E-state index in [2.05, 4.69) is 20.8 Å². The van der Waals surface area contributed by atoms with Crippen molar-refractivity contribution in [1.82, 2.24) is 9.13 Å². The smallest absolute Gasteiger partial charge is 0.340 e. The number of hydrogen-bond acceptors (Lipinski definition) is 11. The second kappa shape index (κ2) is 54.7. The molecule has 1 saturated heterocycles. The molecule has 0 bridgehead atoms. The zero-order valence-corrected chi connectivity index (χ0v) is 66.9. The number of methoxy groups -OCH3 is 2. The fraction of sp³-hybridized carbons (Fsp3) is 0.685. The summed E-state index contributed by atoms with van der Waals surface area (Å²) < 4.78 is 47.0. The first-order valence-electron chi connectivity index (χ1n) is 42.9. The molecule has 0 amide bonds. The minimum Gasteiger partial charge on any atom is -0.497 e. The molecule has 588 valence electrons. The average Bonchev–Trinajstić information content (AvgIpc) is 1.70. The van der Waals surface area contributed by atoms with Crippen molar-refractivity contribution in [3.05, 3.63) is 146 Å². The number of aliphatic hydroxyl groups excluding tert-OH is 1. The summed E-state index contributed by atoms with van der Waals surface area (Å²) >= 11 is 0. The maximum Gasteiger partial charge on any atom is 0.340 e. The molecule has 3 atom stereocenters. The molecule has 105 heavy (non-hydrogen) atoms. The molecule has 0 saturated carbocycles. The third kappa shape index (κ3) is 32.5. The average molecular weight is 1450 g/mol. The SMILES string of the molecule is CCCCCCCCCCCCCCCCCCOc1cc(C(=O)n2c(=O)c(C)cn([C@H]3CC(O)[C@@H](COC(c4ccccc4)(c4ccc(OC)cc4)c4ccc(OC)cc4)O3)c2=O)cc(OCCCCCCCCCCCCCCCCCC)c1OCCCCCCCCCCCCCCCCCC. The van der Waals surface area contributed by atoms with E-state index in [0.29, 0.717) is 53.1 Å². The molecular weight excluding hydrogens is 1310 g/mol. The first kappa shape index (κ1) is 88.0. The second-order valence-corrected chi connectivity index (χ2v) is 30.5. The Labute approximate surface area is 636 Å². The quantitative estimate of drug-likeness (QED) is 0.0293. The van der Waals surface area contributed by atoms with Crippen LogP contribution in [0.4, 0.5) is 0 Å². The number of carbonyl (C=O) groups excluding carboxylic acids is 1. The zero-order chi connectivity index (χ0) is 74.6. The molecule has 13 nitrogen and oxygen atoms in total. The van der Waals surface area contributed by atoms with Gasteiger partial charge in [-0.1, -0.05) is 364 Å². The summed E-state index contributed by atoms with van der Waals surface area (Å²) in [5.41, 5.74) is -0.180. The number of hydrogen-bond donors (Lipinski definition) is 1. The van der Waals surface area contributed by atoms with Gasteiger partial charge in [-0.3, -0.25) is 14.2 Å². The normalized spacial score (nSPS) is 14.5. The molecule has 5 aromatic rings. The summed E-state index contributed by atoms with van der Waals surface area (Å²) in [6.45, 7) is 9.59. The maximum atomic E-state index is 15.3. The van der Waals surface area contributed by atoms with Crippen molar-refractivity contribution < 1.29 is 43.1 Å². The lowest BCUT2D eigenvalue weighted by Gasteiger charge is -2.37. The number of ether oxygens (including phenoxy) is 7. The van der Waals surface area contributed by atoms with Gasteiger partial charge in [0.25, 0.3) is 11.5 Å². The van der Waals surface area contributed by atoms with E-state index >= 15 is 9.59 Å². The van der Waals surface area contributed by atoms with E-state index in [-0.39, 0.29) is 24.2 Å².